The van der Waals surface area contributed by atoms with Gasteiger partial charge in [-0.2, -0.15) is 13.2 Å². The second kappa shape index (κ2) is 6.21. The summed E-state index contributed by atoms with van der Waals surface area (Å²) in [6.07, 6.45) is 0.471. The van der Waals surface area contributed by atoms with Crippen LogP contribution < -0.4 is 4.90 Å². The van der Waals surface area contributed by atoms with Gasteiger partial charge in [0.1, 0.15) is 0 Å². The molecule has 0 fully saturated rings. The topological polar surface area (TPSA) is 46.1 Å². The number of aromatic nitrogens is 2. The maximum atomic E-state index is 12.8. The molecule has 0 radical (unpaired) electrons. The van der Waals surface area contributed by atoms with Gasteiger partial charge in [0.15, 0.2) is 5.13 Å². The van der Waals surface area contributed by atoms with Crippen molar-refractivity contribution < 1.29 is 18.0 Å². The third-order valence-electron chi connectivity index (χ3n) is 4.17. The summed E-state index contributed by atoms with van der Waals surface area (Å²) >= 11 is 1.18. The normalized spacial score (nSPS) is 13.7. The van der Waals surface area contributed by atoms with E-state index in [4.69, 9.17) is 0 Å². The fourth-order valence-corrected chi connectivity index (χ4v) is 3.73. The van der Waals surface area contributed by atoms with Gasteiger partial charge in [-0.3, -0.25) is 9.78 Å². The Labute approximate surface area is 150 Å². The van der Waals surface area contributed by atoms with Crippen molar-refractivity contribution >= 4 is 22.3 Å². The van der Waals surface area contributed by atoms with Crippen molar-refractivity contribution in [3.63, 3.8) is 0 Å². The van der Waals surface area contributed by atoms with Crippen LogP contribution in [0.15, 0.2) is 48.9 Å². The predicted molar refractivity (Wildman–Crippen MR) is 91.1 cm³/mol. The van der Waals surface area contributed by atoms with Gasteiger partial charge < -0.3 is 4.90 Å². The Morgan fingerprint density at radius 3 is 2.69 bits per heavy atom. The molecule has 2 aromatic heterocycles. The summed E-state index contributed by atoms with van der Waals surface area (Å²) in [5.74, 6) is -0.460. The van der Waals surface area contributed by atoms with E-state index in [1.165, 1.54) is 29.7 Å². The van der Waals surface area contributed by atoms with Gasteiger partial charge in [0.25, 0.3) is 0 Å². The Bertz CT molecular complexity index is 959. The maximum Gasteiger partial charge on any atom is 0.416 e. The number of rotatable bonds is 3. The SMILES string of the molecule is O=C(c1cccc(C(F)(F)F)c1)c1cnc(N2Cc3ccncc3C2)s1. The van der Waals surface area contributed by atoms with Crippen LogP contribution in [0, 0.1) is 0 Å². The van der Waals surface area contributed by atoms with Crippen LogP contribution in [-0.4, -0.2) is 15.8 Å². The van der Waals surface area contributed by atoms with Gasteiger partial charge in [-0.05, 0) is 29.3 Å². The first-order chi connectivity index (χ1) is 12.4. The number of ketones is 1. The van der Waals surface area contributed by atoms with E-state index >= 15 is 0 Å². The molecule has 4 rings (SSSR count). The van der Waals surface area contributed by atoms with Gasteiger partial charge in [-0.15, -0.1) is 0 Å². The van der Waals surface area contributed by atoms with Crippen molar-refractivity contribution in [3.8, 4) is 0 Å². The molecule has 3 heterocycles. The average Bonchev–Trinajstić information content (AvgIpc) is 3.27. The number of pyridine rings is 1. The molecule has 0 unspecified atom stereocenters. The third-order valence-corrected chi connectivity index (χ3v) is 5.22. The second-order valence-electron chi connectivity index (χ2n) is 5.92. The summed E-state index contributed by atoms with van der Waals surface area (Å²) < 4.78 is 38.5. The molecular formula is C18H12F3N3OS. The molecule has 0 amide bonds. The standard InChI is InChI=1S/C18H12F3N3OS/c19-18(20,21)14-3-1-2-11(6-14)16(25)15-8-23-17(26-15)24-9-12-4-5-22-7-13(12)10-24/h1-8H,9-10H2. The lowest BCUT2D eigenvalue weighted by atomic mass is 10.1. The van der Waals surface area contributed by atoms with Gasteiger partial charge in [-0.25, -0.2) is 4.98 Å². The summed E-state index contributed by atoms with van der Waals surface area (Å²) in [4.78, 5) is 23.2. The minimum absolute atomic E-state index is 0.00364. The minimum atomic E-state index is -4.48. The molecule has 8 heteroatoms. The van der Waals surface area contributed by atoms with Crippen LogP contribution in [0.25, 0.3) is 0 Å². The first-order valence-corrected chi connectivity index (χ1v) is 8.58. The lowest BCUT2D eigenvalue weighted by molar-refractivity contribution is -0.137. The van der Waals surface area contributed by atoms with Crippen LogP contribution >= 0.6 is 11.3 Å². The number of alkyl halides is 3. The molecule has 26 heavy (non-hydrogen) atoms. The van der Waals surface area contributed by atoms with Crippen LogP contribution in [0.5, 0.6) is 0 Å². The number of carbonyl (C=O) groups is 1. The van der Waals surface area contributed by atoms with Crippen LogP contribution in [0.4, 0.5) is 18.3 Å². The Hall–Kier alpha value is -2.74. The lowest BCUT2D eigenvalue weighted by Crippen LogP contribution is -2.13. The van der Waals surface area contributed by atoms with Crippen molar-refractivity contribution in [2.45, 2.75) is 19.3 Å². The highest BCUT2D eigenvalue weighted by molar-refractivity contribution is 7.17. The number of carbonyl (C=O) groups excluding carboxylic acids is 1. The molecule has 1 aromatic carbocycles. The number of nitrogens with zero attached hydrogens (tertiary/aromatic N) is 3. The fraction of sp³-hybridized carbons (Fsp3) is 0.167. The Morgan fingerprint density at radius 2 is 1.92 bits per heavy atom. The van der Waals surface area contributed by atoms with Crippen molar-refractivity contribution in [1.82, 2.24) is 9.97 Å². The number of thiazole rings is 1. The van der Waals surface area contributed by atoms with Crippen LogP contribution in [0.1, 0.15) is 31.9 Å². The smallest absolute Gasteiger partial charge is 0.339 e. The molecule has 1 aliphatic heterocycles. The van der Waals surface area contributed by atoms with E-state index in [0.29, 0.717) is 23.1 Å². The summed E-state index contributed by atoms with van der Waals surface area (Å²) in [5.41, 5.74) is 1.42. The predicted octanol–water partition coefficient (Wildman–Crippen LogP) is 4.31. The highest BCUT2D eigenvalue weighted by Crippen LogP contribution is 2.33. The number of hydrogen-bond donors (Lipinski definition) is 0. The van der Waals surface area contributed by atoms with Gasteiger partial charge in [0.2, 0.25) is 5.78 Å². The van der Waals surface area contributed by atoms with Crippen LogP contribution in [-0.2, 0) is 19.3 Å². The quantitative estimate of drug-likeness (QED) is 0.640. The van der Waals surface area contributed by atoms with E-state index in [9.17, 15) is 18.0 Å². The largest absolute Gasteiger partial charge is 0.416 e. The Balaban J connectivity index is 1.56. The molecular weight excluding hydrogens is 363 g/mol. The monoisotopic (exact) mass is 375 g/mol. The van der Waals surface area contributed by atoms with E-state index < -0.39 is 17.5 Å². The first kappa shape index (κ1) is 16.7. The molecule has 3 aromatic rings. The third kappa shape index (κ3) is 3.08. The maximum absolute atomic E-state index is 12.8. The molecule has 0 spiro atoms. The van der Waals surface area contributed by atoms with Crippen molar-refractivity contribution in [2.24, 2.45) is 0 Å². The number of halogens is 3. The number of fused-ring (bicyclic) bond motifs is 1. The lowest BCUT2D eigenvalue weighted by Gasteiger charge is -2.12. The molecule has 1 aliphatic rings. The summed E-state index contributed by atoms with van der Waals surface area (Å²) in [6, 6.07) is 6.39. The first-order valence-electron chi connectivity index (χ1n) is 7.76. The zero-order valence-electron chi connectivity index (χ0n) is 13.3. The van der Waals surface area contributed by atoms with Gasteiger partial charge in [0, 0.05) is 31.0 Å². The zero-order valence-corrected chi connectivity index (χ0v) is 14.1. The van der Waals surface area contributed by atoms with Gasteiger partial charge in [-0.1, -0.05) is 23.5 Å². The van der Waals surface area contributed by atoms with E-state index in [2.05, 4.69) is 9.97 Å². The summed E-state index contributed by atoms with van der Waals surface area (Å²) in [5, 5.41) is 0.663. The van der Waals surface area contributed by atoms with Crippen molar-refractivity contribution in [2.75, 3.05) is 4.90 Å². The molecule has 4 nitrogen and oxygen atoms in total. The van der Waals surface area contributed by atoms with Crippen LogP contribution in [0.3, 0.4) is 0 Å². The fourth-order valence-electron chi connectivity index (χ4n) is 2.85. The van der Waals surface area contributed by atoms with E-state index in [-0.39, 0.29) is 5.56 Å². The van der Waals surface area contributed by atoms with E-state index in [1.54, 1.807) is 12.4 Å². The van der Waals surface area contributed by atoms with E-state index in [0.717, 1.165) is 23.3 Å². The number of anilines is 1. The zero-order chi connectivity index (χ0) is 18.3. The molecule has 0 atom stereocenters. The Morgan fingerprint density at radius 1 is 1.12 bits per heavy atom. The summed E-state index contributed by atoms with van der Waals surface area (Å²) in [7, 11) is 0. The van der Waals surface area contributed by atoms with Crippen LogP contribution in [0.2, 0.25) is 0 Å². The average molecular weight is 375 g/mol. The molecule has 0 bridgehead atoms. The van der Waals surface area contributed by atoms with Crippen molar-refractivity contribution in [3.05, 3.63) is 76.1 Å². The summed E-state index contributed by atoms with van der Waals surface area (Å²) in [6.45, 7) is 1.32. The molecule has 0 N–H and O–H groups in total. The second-order valence-corrected chi connectivity index (χ2v) is 6.92. The van der Waals surface area contributed by atoms with Gasteiger partial charge >= 0.3 is 6.18 Å². The molecule has 132 valence electrons. The molecule has 0 saturated heterocycles. The Kier molecular flexibility index (Phi) is 3.99. The highest BCUT2D eigenvalue weighted by Gasteiger charge is 2.31. The minimum Gasteiger partial charge on any atom is -0.339 e. The van der Waals surface area contributed by atoms with E-state index in [1.807, 2.05) is 11.0 Å². The van der Waals surface area contributed by atoms with Gasteiger partial charge in [0.05, 0.1) is 16.6 Å². The molecule has 0 aliphatic carbocycles. The molecule has 0 saturated carbocycles. The highest BCUT2D eigenvalue weighted by atomic mass is 32.1. The number of hydrogen-bond acceptors (Lipinski definition) is 5. The van der Waals surface area contributed by atoms with Crippen molar-refractivity contribution in [1.29, 1.82) is 0 Å². The number of benzene rings is 1.